The van der Waals surface area contributed by atoms with E-state index in [1.165, 1.54) is 7.94 Å². The Morgan fingerprint density at radius 2 is 0.783 bits per heavy atom. The zero-order valence-corrected chi connectivity index (χ0v) is 67.0. The number of nitrogens with zero attached hydrogens (tertiary/aromatic N) is 8. The number of fused-ring (bicyclic) bond motifs is 3. The normalized spacial score (nSPS) is 16.7. The molecular weight excluding hydrogens is 1610 g/mol. The van der Waals surface area contributed by atoms with Crippen molar-refractivity contribution in [3.8, 4) is 105 Å². The van der Waals surface area contributed by atoms with Crippen molar-refractivity contribution in [3.63, 3.8) is 0 Å². The lowest BCUT2D eigenvalue weighted by Gasteiger charge is -2.24. The zero-order chi connectivity index (χ0) is 79.5. The molecule has 22 nitrogen and oxygen atoms in total. The summed E-state index contributed by atoms with van der Waals surface area (Å²) in [6.45, 7) is 8.56. The quantitative estimate of drug-likeness (QED) is 0.0829. The minimum atomic E-state index is -4.00. The van der Waals surface area contributed by atoms with Crippen LogP contribution in [0.3, 0.4) is 0 Å². The summed E-state index contributed by atoms with van der Waals surface area (Å²) in [6, 6.07) is 51.4. The van der Waals surface area contributed by atoms with Gasteiger partial charge >= 0.3 is 0 Å². The summed E-state index contributed by atoms with van der Waals surface area (Å²) in [6.07, 6.45) is 20.8. The molecule has 5 aromatic carbocycles. The number of nitrogens with one attached hydrogen (secondary N) is 1. The molecule has 115 heavy (non-hydrogen) atoms. The molecule has 0 atom stereocenters. The van der Waals surface area contributed by atoms with Gasteiger partial charge in [0.2, 0.25) is 0 Å². The van der Waals surface area contributed by atoms with Gasteiger partial charge in [-0.05, 0) is 203 Å². The Hall–Kier alpha value is -10.9. The van der Waals surface area contributed by atoms with Crippen LogP contribution >= 0.6 is 22.6 Å². The topological polar surface area (TPSA) is 287 Å². The summed E-state index contributed by atoms with van der Waals surface area (Å²) < 4.78 is 108. The maximum Gasteiger partial charge on any atom is 0.270 e. The van der Waals surface area contributed by atoms with Crippen molar-refractivity contribution in [1.29, 1.82) is 15.8 Å². The van der Waals surface area contributed by atoms with Crippen LogP contribution in [0.5, 0.6) is 17.2 Å². The minimum Gasteiger partial charge on any atom is -0.489 e. The Kier molecular flexibility index (Phi) is 27.0. The Bertz CT molecular complexity index is 5830. The van der Waals surface area contributed by atoms with Crippen LogP contribution in [0.2, 0.25) is 0 Å². The van der Waals surface area contributed by atoms with Gasteiger partial charge in [0.05, 0.1) is 75.5 Å². The van der Waals surface area contributed by atoms with E-state index < -0.39 is 20.0 Å². The predicted octanol–water partition coefficient (Wildman–Crippen LogP) is 15.6. The first-order chi connectivity index (χ1) is 56.3. The molecule has 0 bridgehead atoms. The van der Waals surface area contributed by atoms with Crippen molar-refractivity contribution < 1.29 is 59.5 Å². The Balaban J connectivity index is 0.000000136. The van der Waals surface area contributed by atoms with Crippen molar-refractivity contribution in [1.82, 2.24) is 27.9 Å². The summed E-state index contributed by atoms with van der Waals surface area (Å²) in [4.78, 5) is 17.0. The highest BCUT2D eigenvalue weighted by Crippen LogP contribution is 2.39. The first kappa shape index (κ1) is 80.7. The average molecular weight is 1690 g/mol. The molecule has 1 N–H and O–H groups in total. The van der Waals surface area contributed by atoms with Gasteiger partial charge in [-0.1, -0.05) is 66.4 Å². The van der Waals surface area contributed by atoms with Gasteiger partial charge in [0.25, 0.3) is 20.0 Å². The van der Waals surface area contributed by atoms with Crippen LogP contribution in [0.25, 0.3) is 66.5 Å². The van der Waals surface area contributed by atoms with Gasteiger partial charge in [0.15, 0.2) is 11.3 Å². The number of aromatic amines is 1. The maximum absolute atomic E-state index is 13.9. The number of hydrogen-bond donors (Lipinski definition) is 1. The predicted molar refractivity (Wildman–Crippen MR) is 443 cm³/mol. The molecule has 0 amide bonds. The van der Waals surface area contributed by atoms with Crippen LogP contribution in [0.4, 0.5) is 0 Å². The molecule has 0 spiro atoms. The second-order valence-corrected chi connectivity index (χ2v) is 33.0. The van der Waals surface area contributed by atoms with E-state index >= 15 is 0 Å². The third kappa shape index (κ3) is 19.6. The second kappa shape index (κ2) is 38.5. The molecule has 17 rings (SSSR count). The van der Waals surface area contributed by atoms with Crippen molar-refractivity contribution in [3.05, 3.63) is 202 Å². The number of terminal acetylenes is 1. The second-order valence-electron chi connectivity index (χ2n) is 28.3. The third-order valence-corrected chi connectivity index (χ3v) is 25.3. The summed E-state index contributed by atoms with van der Waals surface area (Å²) in [5.74, 6) is 18.5. The standard InChI is InChI=1S/C32H29N3O5S.C26H25N3O3.C25H20IN3O4S.C7H10O/c33-22-25-20-24(7-9-31(25)40-27-13-18-39-19-14-27)29-10-15-34-32-30(29)21-26(8-6-23-11-16-38-17-12-23)35(32)41(36,37)28-4-2-1-3-5-28;27-17-20-15-19(2-4-25(20)32-22-8-13-31-14-9-22)23-5-10-28-26-24(23)16-21(29-26)3-1-18-6-11-30-12-7-18;26-24-15-22-21(8-11-28-25(22)29(24)34(30,31)20-4-2-1-3-5-20)17-6-7-23(18(14-17)16-27)33-19-9-12-32-13-10-19;1-2-7-3-5-8-6-4-7/h1-5,7,9-10,15,20-21,23,27H,11-14,16-19H2;2,4-5,10,15-16,18,22H,6-9,11-14H2,(H,28,29);1-8,11,14-15,19H,9-10,12-13H2;1,7H,3-6H2. The Morgan fingerprint density at radius 3 is 1.19 bits per heavy atom. The molecule has 25 heteroatoms. The van der Waals surface area contributed by atoms with Gasteiger partial charge in [-0.25, -0.2) is 39.7 Å². The van der Waals surface area contributed by atoms with Crippen LogP contribution in [-0.2, 0) is 48.5 Å². The highest BCUT2D eigenvalue weighted by molar-refractivity contribution is 14.1. The van der Waals surface area contributed by atoms with E-state index in [4.69, 9.17) is 49.1 Å². The minimum absolute atomic E-state index is 0.00316. The molecular formula is C90H84IN9O13S2. The average Bonchev–Trinajstić information content (AvgIpc) is 1.18. The number of hydrogen-bond acceptors (Lipinski definition) is 19. The Morgan fingerprint density at radius 1 is 0.417 bits per heavy atom. The van der Waals surface area contributed by atoms with Gasteiger partial charge < -0.3 is 47.6 Å². The lowest BCUT2D eigenvalue weighted by molar-refractivity contribution is 0.0252. The number of pyridine rings is 3. The van der Waals surface area contributed by atoms with E-state index in [0.29, 0.717) is 124 Å². The fourth-order valence-electron chi connectivity index (χ4n) is 14.4. The lowest BCUT2D eigenvalue weighted by atomic mass is 10.0. The molecule has 6 aliphatic rings. The summed E-state index contributed by atoms with van der Waals surface area (Å²) >= 11 is 2.01. The van der Waals surface area contributed by atoms with Gasteiger partial charge in [-0.2, -0.15) is 15.8 Å². The number of nitriles is 3. The monoisotopic (exact) mass is 1690 g/mol. The zero-order valence-electron chi connectivity index (χ0n) is 63.3. The van der Waals surface area contributed by atoms with Gasteiger partial charge in [0.1, 0.15) is 65.1 Å². The van der Waals surface area contributed by atoms with E-state index in [2.05, 4.69) is 67.7 Å². The molecule has 11 aromatic rings. The molecule has 0 aliphatic carbocycles. The van der Waals surface area contributed by atoms with Gasteiger partial charge in [-0.15, -0.1) is 12.3 Å². The van der Waals surface area contributed by atoms with Crippen LogP contribution in [0, 0.1) is 91.5 Å². The SMILES string of the molecule is C#CC1CCOCC1.N#Cc1cc(-c2ccnc3[nH]c(C#CC4CCOCC4)cc23)ccc1OC1CCOCC1.N#Cc1cc(-c2ccnc3c2cc(C#CC2CCOCC2)n3S(=O)(=O)c2ccccc2)ccc1OC1CCOCC1.N#Cc1cc(-c2ccnc3c2cc(I)n3S(=O)(=O)c2ccccc2)ccc1OC1CCOCC1. The molecule has 0 radical (unpaired) electrons. The summed E-state index contributed by atoms with van der Waals surface area (Å²) in [7, 11) is -7.82. The molecule has 0 saturated carbocycles. The van der Waals surface area contributed by atoms with E-state index in [9.17, 15) is 32.6 Å². The maximum atomic E-state index is 13.9. The van der Waals surface area contributed by atoms with Crippen LogP contribution < -0.4 is 14.2 Å². The van der Waals surface area contributed by atoms with Gasteiger partial charge in [-0.3, -0.25) is 0 Å². The summed E-state index contributed by atoms with van der Waals surface area (Å²) in [5.41, 5.74) is 9.04. The number of H-pyrrole nitrogens is 1. The van der Waals surface area contributed by atoms with Crippen molar-refractivity contribution in [2.75, 3.05) is 79.3 Å². The van der Waals surface area contributed by atoms with E-state index in [0.717, 1.165) is 154 Å². The molecule has 6 aliphatic heterocycles. The molecule has 586 valence electrons. The number of rotatable bonds is 13. The van der Waals surface area contributed by atoms with Crippen molar-refractivity contribution in [2.24, 2.45) is 17.8 Å². The molecule has 12 heterocycles. The van der Waals surface area contributed by atoms with Crippen LogP contribution in [-0.4, -0.2) is 142 Å². The molecule has 6 saturated heterocycles. The Labute approximate surface area is 683 Å². The summed E-state index contributed by atoms with van der Waals surface area (Å²) in [5, 5.41) is 31.7. The number of benzene rings is 5. The first-order valence-electron chi connectivity index (χ1n) is 38.6. The third-order valence-electron chi connectivity index (χ3n) is 20.7. The largest absolute Gasteiger partial charge is 0.489 e. The fourth-order valence-corrected chi connectivity index (χ4v) is 18.5. The van der Waals surface area contributed by atoms with Gasteiger partial charge in [0, 0.05) is 131 Å². The van der Waals surface area contributed by atoms with Crippen molar-refractivity contribution >= 4 is 75.7 Å². The highest BCUT2D eigenvalue weighted by Gasteiger charge is 2.29. The fraction of sp³-hybridized carbons (Fsp3) is 0.333. The number of ether oxygens (including phenoxy) is 9. The van der Waals surface area contributed by atoms with Crippen LogP contribution in [0.15, 0.2) is 180 Å². The van der Waals surface area contributed by atoms with Crippen LogP contribution in [0.1, 0.15) is 105 Å². The highest BCUT2D eigenvalue weighted by atomic mass is 127. The number of halogens is 1. The first-order valence-corrected chi connectivity index (χ1v) is 42.6. The lowest BCUT2D eigenvalue weighted by Crippen LogP contribution is -2.26. The van der Waals surface area contributed by atoms with E-state index in [1.807, 2.05) is 77.2 Å². The molecule has 6 aromatic heterocycles. The molecule has 0 unspecified atom stereocenters. The van der Waals surface area contributed by atoms with E-state index in [1.54, 1.807) is 116 Å². The smallest absolute Gasteiger partial charge is 0.270 e. The number of aromatic nitrogens is 6. The van der Waals surface area contributed by atoms with E-state index in [-0.39, 0.29) is 39.7 Å². The van der Waals surface area contributed by atoms with Crippen molar-refractivity contribution in [2.45, 2.75) is 105 Å². The molecule has 6 fully saturated rings.